The van der Waals surface area contributed by atoms with Crippen molar-refractivity contribution >= 4 is 22.8 Å². The van der Waals surface area contributed by atoms with Crippen LogP contribution in [-0.2, 0) is 11.2 Å². The summed E-state index contributed by atoms with van der Waals surface area (Å²) in [4.78, 5) is 26.4. The normalized spacial score (nSPS) is 24.4. The summed E-state index contributed by atoms with van der Waals surface area (Å²) in [6.07, 6.45) is 13.4. The summed E-state index contributed by atoms with van der Waals surface area (Å²) < 4.78 is 0. The molecule has 0 spiro atoms. The van der Waals surface area contributed by atoms with Gasteiger partial charge in [0.25, 0.3) is 0 Å². The molecule has 2 aliphatic rings. The highest BCUT2D eigenvalue weighted by Gasteiger charge is 2.31. The van der Waals surface area contributed by atoms with E-state index in [-0.39, 0.29) is 18.0 Å². The lowest BCUT2D eigenvalue weighted by Crippen LogP contribution is -2.49. The minimum absolute atomic E-state index is 0.00308. The smallest absolute Gasteiger partial charge is 0.246 e. The van der Waals surface area contributed by atoms with Crippen LogP contribution in [0.25, 0.3) is 11.0 Å². The van der Waals surface area contributed by atoms with Gasteiger partial charge in [0.2, 0.25) is 5.91 Å². The van der Waals surface area contributed by atoms with Crippen LogP contribution in [-0.4, -0.2) is 44.4 Å². The number of carbonyl (C=O) groups excluding carboxylic acids is 1. The van der Waals surface area contributed by atoms with Crippen molar-refractivity contribution in [3.63, 3.8) is 0 Å². The van der Waals surface area contributed by atoms with Crippen molar-refractivity contribution < 1.29 is 4.79 Å². The fraction of sp³-hybridized carbons (Fsp3) is 0.591. The first-order valence-corrected chi connectivity index (χ1v) is 10.5. The summed E-state index contributed by atoms with van der Waals surface area (Å²) >= 11 is 0. The van der Waals surface area contributed by atoms with Gasteiger partial charge in [0.15, 0.2) is 0 Å². The lowest BCUT2D eigenvalue weighted by atomic mass is 9.82. The summed E-state index contributed by atoms with van der Waals surface area (Å²) in [6.45, 7) is 8.82. The lowest BCUT2D eigenvalue weighted by Gasteiger charge is -2.38. The van der Waals surface area contributed by atoms with Crippen LogP contribution in [0.2, 0.25) is 0 Å². The largest absolute Gasteiger partial charge is 0.365 e. The summed E-state index contributed by atoms with van der Waals surface area (Å²) in [6, 6.07) is 0.433. The van der Waals surface area contributed by atoms with Gasteiger partial charge in [-0.25, -0.2) is 9.97 Å². The number of nitrogens with one attached hydrogen (secondary N) is 2. The van der Waals surface area contributed by atoms with Crippen LogP contribution in [0, 0.1) is 5.41 Å². The maximum absolute atomic E-state index is 12.2. The number of nitrogens with zero attached hydrogens (tertiary/aromatic N) is 3. The maximum atomic E-state index is 12.2. The molecule has 150 valence electrons. The summed E-state index contributed by atoms with van der Waals surface area (Å²) in [7, 11) is 0. The summed E-state index contributed by atoms with van der Waals surface area (Å²) in [5.41, 5.74) is 2.55. The monoisotopic (exact) mass is 381 g/mol. The Morgan fingerprint density at radius 1 is 1.39 bits per heavy atom. The predicted molar refractivity (Wildman–Crippen MR) is 112 cm³/mol. The standard InChI is InChI=1S/C22H31N5O/c1-4-18(28)27-13-17(8-7-15(27)2)26-21-19-16(11-22(3)9-5-6-10-22)12-23-20(19)24-14-25-21/h4,12,14-15,17H,1,5-11,13H2,2-3H3,(H2,23,24,25,26)/t15-,17+/m0/s1. The molecule has 0 aromatic carbocycles. The maximum Gasteiger partial charge on any atom is 0.246 e. The van der Waals surface area contributed by atoms with Gasteiger partial charge in [-0.05, 0) is 56.1 Å². The van der Waals surface area contributed by atoms with Gasteiger partial charge in [-0.2, -0.15) is 0 Å². The van der Waals surface area contributed by atoms with E-state index < -0.39 is 0 Å². The van der Waals surface area contributed by atoms with E-state index in [1.165, 1.54) is 37.3 Å². The van der Waals surface area contributed by atoms with Gasteiger partial charge >= 0.3 is 0 Å². The number of aromatic amines is 1. The Kier molecular flexibility index (Phi) is 5.13. The number of rotatable bonds is 5. The zero-order valence-electron chi connectivity index (χ0n) is 17.0. The molecule has 1 aliphatic heterocycles. The fourth-order valence-electron chi connectivity index (χ4n) is 4.98. The van der Waals surface area contributed by atoms with Crippen LogP contribution in [0.4, 0.5) is 5.82 Å². The van der Waals surface area contributed by atoms with Crippen molar-refractivity contribution in [2.45, 2.75) is 70.9 Å². The molecule has 4 rings (SSSR count). The fourth-order valence-corrected chi connectivity index (χ4v) is 4.98. The average molecular weight is 382 g/mol. The van der Waals surface area contributed by atoms with Gasteiger partial charge in [0, 0.05) is 24.8 Å². The Bertz CT molecular complexity index is 867. The molecule has 1 amide bonds. The predicted octanol–water partition coefficient (Wildman–Crippen LogP) is 4.06. The van der Waals surface area contributed by atoms with Crippen molar-refractivity contribution in [1.82, 2.24) is 19.9 Å². The highest BCUT2D eigenvalue weighted by atomic mass is 16.2. The SMILES string of the molecule is C=CC(=O)N1C[C@H](Nc2ncnc3[nH]cc(CC4(C)CCCC4)c23)CC[C@@H]1C. The number of amides is 1. The first-order chi connectivity index (χ1) is 13.5. The Morgan fingerprint density at radius 2 is 2.18 bits per heavy atom. The van der Waals surface area contributed by atoms with Crippen LogP contribution in [0.15, 0.2) is 25.2 Å². The third-order valence-electron chi connectivity index (χ3n) is 6.66. The number of likely N-dealkylation sites (tertiary alicyclic amines) is 1. The third-order valence-corrected chi connectivity index (χ3v) is 6.66. The van der Waals surface area contributed by atoms with E-state index in [0.717, 1.165) is 36.1 Å². The molecule has 0 bridgehead atoms. The first-order valence-electron chi connectivity index (χ1n) is 10.5. The zero-order valence-corrected chi connectivity index (χ0v) is 17.0. The van der Waals surface area contributed by atoms with Crippen LogP contribution in [0.3, 0.4) is 0 Å². The van der Waals surface area contributed by atoms with Crippen molar-refractivity contribution in [3.05, 3.63) is 30.7 Å². The Balaban J connectivity index is 1.58. The number of fused-ring (bicyclic) bond motifs is 1. The van der Waals surface area contributed by atoms with Crippen molar-refractivity contribution in [2.75, 3.05) is 11.9 Å². The molecule has 2 fully saturated rings. The number of H-pyrrole nitrogens is 1. The average Bonchev–Trinajstić information content (AvgIpc) is 3.30. The number of carbonyl (C=O) groups is 1. The number of hydrogen-bond acceptors (Lipinski definition) is 4. The Labute approximate surface area is 166 Å². The third kappa shape index (κ3) is 3.64. The first kappa shape index (κ1) is 19.0. The molecule has 2 aromatic rings. The van der Waals surface area contributed by atoms with E-state index in [1.807, 2.05) is 4.90 Å². The van der Waals surface area contributed by atoms with E-state index in [4.69, 9.17) is 0 Å². The zero-order chi connectivity index (χ0) is 19.7. The minimum Gasteiger partial charge on any atom is -0.365 e. The Morgan fingerprint density at radius 3 is 2.93 bits per heavy atom. The van der Waals surface area contributed by atoms with E-state index >= 15 is 0 Å². The molecule has 1 saturated carbocycles. The van der Waals surface area contributed by atoms with Crippen LogP contribution < -0.4 is 5.32 Å². The number of anilines is 1. The van der Waals surface area contributed by atoms with Gasteiger partial charge in [-0.15, -0.1) is 0 Å². The van der Waals surface area contributed by atoms with E-state index in [0.29, 0.717) is 12.0 Å². The summed E-state index contributed by atoms with van der Waals surface area (Å²) in [5, 5.41) is 4.73. The van der Waals surface area contributed by atoms with E-state index in [1.54, 1.807) is 6.33 Å². The molecule has 0 unspecified atom stereocenters. The molecule has 2 N–H and O–H groups in total. The van der Waals surface area contributed by atoms with Crippen LogP contribution in [0.1, 0.15) is 57.9 Å². The minimum atomic E-state index is 0.00308. The molecule has 2 aromatic heterocycles. The second kappa shape index (κ2) is 7.57. The van der Waals surface area contributed by atoms with Crippen molar-refractivity contribution in [1.29, 1.82) is 0 Å². The van der Waals surface area contributed by atoms with Gasteiger partial charge in [-0.3, -0.25) is 4.79 Å². The molecule has 6 heteroatoms. The van der Waals surface area contributed by atoms with Crippen molar-refractivity contribution in [3.8, 4) is 0 Å². The van der Waals surface area contributed by atoms with E-state index in [2.05, 4.69) is 46.9 Å². The second-order valence-corrected chi connectivity index (χ2v) is 8.92. The highest BCUT2D eigenvalue weighted by Crippen LogP contribution is 2.42. The van der Waals surface area contributed by atoms with Gasteiger partial charge in [0.05, 0.1) is 5.39 Å². The molecule has 1 aliphatic carbocycles. The number of hydrogen-bond donors (Lipinski definition) is 2. The number of piperidine rings is 1. The topological polar surface area (TPSA) is 73.9 Å². The van der Waals surface area contributed by atoms with Crippen LogP contribution >= 0.6 is 0 Å². The molecular weight excluding hydrogens is 350 g/mol. The molecule has 1 saturated heterocycles. The van der Waals surface area contributed by atoms with Crippen LogP contribution in [0.5, 0.6) is 0 Å². The highest BCUT2D eigenvalue weighted by molar-refractivity contribution is 5.90. The van der Waals surface area contributed by atoms with Gasteiger partial charge in [-0.1, -0.05) is 26.3 Å². The molecule has 3 heterocycles. The van der Waals surface area contributed by atoms with Crippen molar-refractivity contribution in [2.24, 2.45) is 5.41 Å². The molecule has 0 radical (unpaired) electrons. The molecule has 2 atom stereocenters. The van der Waals surface area contributed by atoms with E-state index in [9.17, 15) is 4.79 Å². The Hall–Kier alpha value is -2.37. The van der Waals surface area contributed by atoms with Gasteiger partial charge in [0.1, 0.15) is 17.8 Å². The number of aromatic nitrogens is 3. The quantitative estimate of drug-likeness (QED) is 0.766. The lowest BCUT2D eigenvalue weighted by molar-refractivity contribution is -0.129. The summed E-state index contributed by atoms with van der Waals surface area (Å²) in [5.74, 6) is 0.886. The molecular formula is C22H31N5O. The molecule has 28 heavy (non-hydrogen) atoms. The molecule has 6 nitrogen and oxygen atoms in total. The van der Waals surface area contributed by atoms with Gasteiger partial charge < -0.3 is 15.2 Å². The second-order valence-electron chi connectivity index (χ2n) is 8.92.